The lowest BCUT2D eigenvalue weighted by Gasteiger charge is -2.17. The van der Waals surface area contributed by atoms with Gasteiger partial charge in [-0.05, 0) is 59.5 Å². The first-order valence-corrected chi connectivity index (χ1v) is 16.9. The highest BCUT2D eigenvalue weighted by Gasteiger charge is 2.26. The number of fused-ring (bicyclic) bond motifs is 6. The van der Waals surface area contributed by atoms with Gasteiger partial charge < -0.3 is 8.83 Å². The van der Waals surface area contributed by atoms with Gasteiger partial charge in [0.15, 0.2) is 17.5 Å². The van der Waals surface area contributed by atoms with Crippen LogP contribution >= 0.6 is 0 Å². The van der Waals surface area contributed by atoms with Crippen LogP contribution in [0.4, 0.5) is 0 Å². The number of benzene rings is 6. The van der Waals surface area contributed by atoms with E-state index in [0.29, 0.717) is 17.5 Å². The van der Waals surface area contributed by atoms with E-state index >= 15 is 0 Å². The molecule has 0 N–H and O–H groups in total. The Kier molecular flexibility index (Phi) is 6.56. The fraction of sp³-hybridized carbons (Fsp3) is 0.0444. The van der Waals surface area contributed by atoms with Crippen LogP contribution in [0.3, 0.4) is 0 Å². The van der Waals surface area contributed by atoms with Gasteiger partial charge in [0.2, 0.25) is 0 Å². The molecule has 1 atom stereocenters. The summed E-state index contributed by atoms with van der Waals surface area (Å²) in [6.45, 7) is 0. The van der Waals surface area contributed by atoms with Gasteiger partial charge >= 0.3 is 0 Å². The molecule has 0 saturated heterocycles. The molecule has 0 amide bonds. The standard InChI is InChI=1S/C45H29N3O2/c1-3-11-28(12-4-1)30-15-9-16-32(25-30)44-46-43(29-13-5-2-6-14-29)47-45(48-44)33-22-24-40-38(26-33)36-23-21-31(27-41(36)49-40)34-18-10-19-37-35-17-7-8-20-39(35)50-42(34)37/h1-17,19-27,34H,18H2. The van der Waals surface area contributed by atoms with Gasteiger partial charge in [0.1, 0.15) is 22.5 Å². The van der Waals surface area contributed by atoms with E-state index in [-0.39, 0.29) is 5.92 Å². The number of rotatable bonds is 5. The molecular weight excluding hydrogens is 615 g/mol. The third-order valence-corrected chi connectivity index (χ3v) is 9.69. The third-order valence-electron chi connectivity index (χ3n) is 9.69. The summed E-state index contributed by atoms with van der Waals surface area (Å²) in [6, 6.07) is 49.8. The fourth-order valence-corrected chi connectivity index (χ4v) is 7.20. The van der Waals surface area contributed by atoms with Crippen LogP contribution in [0.5, 0.6) is 0 Å². The largest absolute Gasteiger partial charge is 0.460 e. The van der Waals surface area contributed by atoms with Crippen molar-refractivity contribution in [3.63, 3.8) is 0 Å². The van der Waals surface area contributed by atoms with E-state index in [2.05, 4.69) is 97.1 Å². The van der Waals surface area contributed by atoms with Gasteiger partial charge in [0, 0.05) is 44.3 Å². The summed E-state index contributed by atoms with van der Waals surface area (Å²) >= 11 is 0. The van der Waals surface area contributed by atoms with Gasteiger partial charge in [0.05, 0.1) is 0 Å². The Morgan fingerprint density at radius 3 is 1.92 bits per heavy atom. The van der Waals surface area contributed by atoms with Gasteiger partial charge in [-0.3, -0.25) is 0 Å². The second-order valence-corrected chi connectivity index (χ2v) is 12.8. The summed E-state index contributed by atoms with van der Waals surface area (Å²) in [5.41, 5.74) is 9.95. The van der Waals surface area contributed by atoms with Crippen molar-refractivity contribution < 1.29 is 8.83 Å². The van der Waals surface area contributed by atoms with Crippen LogP contribution in [-0.2, 0) is 0 Å². The predicted octanol–water partition coefficient (Wildman–Crippen LogP) is 11.7. The molecule has 50 heavy (non-hydrogen) atoms. The summed E-state index contributed by atoms with van der Waals surface area (Å²) in [5, 5.41) is 3.22. The Morgan fingerprint density at radius 2 is 1.10 bits per heavy atom. The van der Waals surface area contributed by atoms with Crippen LogP contribution in [-0.4, -0.2) is 15.0 Å². The summed E-state index contributed by atoms with van der Waals surface area (Å²) < 4.78 is 12.9. The molecule has 5 heteroatoms. The molecule has 3 heterocycles. The first-order valence-electron chi connectivity index (χ1n) is 16.9. The van der Waals surface area contributed by atoms with Crippen molar-refractivity contribution in [2.45, 2.75) is 12.3 Å². The molecule has 236 valence electrons. The molecular formula is C45H29N3O2. The summed E-state index contributed by atoms with van der Waals surface area (Å²) in [7, 11) is 0. The molecule has 0 aliphatic heterocycles. The Labute approximate surface area is 288 Å². The minimum absolute atomic E-state index is 0.121. The van der Waals surface area contributed by atoms with Gasteiger partial charge in [-0.25, -0.2) is 15.0 Å². The number of para-hydroxylation sites is 1. The van der Waals surface area contributed by atoms with E-state index in [4.69, 9.17) is 23.8 Å². The third kappa shape index (κ3) is 4.82. The van der Waals surface area contributed by atoms with E-state index < -0.39 is 0 Å². The zero-order valence-electron chi connectivity index (χ0n) is 27.0. The lowest BCUT2D eigenvalue weighted by molar-refractivity contribution is 0.516. The molecule has 10 rings (SSSR count). The zero-order chi connectivity index (χ0) is 33.0. The van der Waals surface area contributed by atoms with E-state index in [1.165, 1.54) is 11.1 Å². The molecule has 0 spiro atoms. The molecule has 1 aliphatic carbocycles. The Balaban J connectivity index is 1.07. The van der Waals surface area contributed by atoms with Crippen molar-refractivity contribution in [2.75, 3.05) is 0 Å². The maximum atomic E-state index is 6.46. The quantitative estimate of drug-likeness (QED) is 0.187. The first-order chi connectivity index (χ1) is 24.7. The number of nitrogens with zero attached hydrogens (tertiary/aromatic N) is 3. The van der Waals surface area contributed by atoms with Crippen LogP contribution in [0.1, 0.15) is 29.2 Å². The van der Waals surface area contributed by atoms with Crippen molar-refractivity contribution in [1.29, 1.82) is 0 Å². The maximum Gasteiger partial charge on any atom is 0.164 e. The Morgan fingerprint density at radius 1 is 0.440 bits per heavy atom. The molecule has 3 aromatic heterocycles. The highest BCUT2D eigenvalue weighted by atomic mass is 16.3. The first kappa shape index (κ1) is 28.4. The molecule has 1 aliphatic rings. The van der Waals surface area contributed by atoms with E-state index in [1.54, 1.807) is 0 Å². The second kappa shape index (κ2) is 11.5. The number of hydrogen-bond acceptors (Lipinski definition) is 5. The summed E-state index contributed by atoms with van der Waals surface area (Å²) in [5.74, 6) is 3.00. The molecule has 9 aromatic rings. The lowest BCUT2D eigenvalue weighted by atomic mass is 9.86. The van der Waals surface area contributed by atoms with Crippen LogP contribution in [0, 0.1) is 0 Å². The highest BCUT2D eigenvalue weighted by Crippen LogP contribution is 2.42. The van der Waals surface area contributed by atoms with Crippen molar-refractivity contribution in [3.8, 4) is 45.3 Å². The molecule has 5 nitrogen and oxygen atoms in total. The minimum Gasteiger partial charge on any atom is -0.460 e. The topological polar surface area (TPSA) is 65.0 Å². The van der Waals surface area contributed by atoms with Gasteiger partial charge in [-0.15, -0.1) is 0 Å². The number of hydrogen-bond donors (Lipinski definition) is 0. The fourth-order valence-electron chi connectivity index (χ4n) is 7.20. The SMILES string of the molecule is C1=Cc2c(oc3ccccc23)C(c2ccc3c(c2)oc2ccc(-c4nc(-c5ccccc5)nc(-c5cccc(-c6ccccc6)c5)n4)cc23)C1. The predicted molar refractivity (Wildman–Crippen MR) is 201 cm³/mol. The minimum atomic E-state index is 0.121. The van der Waals surface area contributed by atoms with Crippen molar-refractivity contribution >= 4 is 39.0 Å². The van der Waals surface area contributed by atoms with E-state index in [9.17, 15) is 0 Å². The average molecular weight is 644 g/mol. The molecule has 0 fully saturated rings. The number of furan rings is 2. The monoisotopic (exact) mass is 643 g/mol. The molecule has 1 unspecified atom stereocenters. The average Bonchev–Trinajstić information content (AvgIpc) is 3.76. The highest BCUT2D eigenvalue weighted by molar-refractivity contribution is 6.06. The molecule has 6 aromatic carbocycles. The normalized spacial score (nSPS) is 14.0. The van der Waals surface area contributed by atoms with Gasteiger partial charge in [0.25, 0.3) is 0 Å². The molecule has 0 bridgehead atoms. The van der Waals surface area contributed by atoms with Crippen LogP contribution in [0.25, 0.3) is 84.3 Å². The molecule has 0 saturated carbocycles. The maximum absolute atomic E-state index is 6.46. The van der Waals surface area contributed by atoms with Crippen LogP contribution in [0.2, 0.25) is 0 Å². The van der Waals surface area contributed by atoms with Crippen molar-refractivity contribution in [2.24, 2.45) is 0 Å². The van der Waals surface area contributed by atoms with E-state index in [1.807, 2.05) is 60.7 Å². The van der Waals surface area contributed by atoms with Crippen LogP contribution in [0.15, 0.2) is 161 Å². The Hall–Kier alpha value is -6.59. The van der Waals surface area contributed by atoms with Gasteiger partial charge in [-0.1, -0.05) is 121 Å². The zero-order valence-corrected chi connectivity index (χ0v) is 27.0. The van der Waals surface area contributed by atoms with Crippen LogP contribution < -0.4 is 0 Å². The molecule has 0 radical (unpaired) electrons. The Bertz CT molecular complexity index is 2740. The van der Waals surface area contributed by atoms with Crippen molar-refractivity contribution in [1.82, 2.24) is 15.0 Å². The van der Waals surface area contributed by atoms with Gasteiger partial charge in [-0.2, -0.15) is 0 Å². The van der Waals surface area contributed by atoms with E-state index in [0.717, 1.165) is 72.9 Å². The smallest absolute Gasteiger partial charge is 0.164 e. The summed E-state index contributed by atoms with van der Waals surface area (Å²) in [6.07, 6.45) is 5.31. The van der Waals surface area contributed by atoms with Crippen molar-refractivity contribution in [3.05, 3.63) is 169 Å². The lowest BCUT2D eigenvalue weighted by Crippen LogP contribution is -2.03. The second-order valence-electron chi connectivity index (χ2n) is 12.8. The summed E-state index contributed by atoms with van der Waals surface area (Å²) in [4.78, 5) is 15.0. The number of allylic oxidation sites excluding steroid dienone is 1. The number of aromatic nitrogens is 3.